The first-order valence-electron chi connectivity index (χ1n) is 9.54. The van der Waals surface area contributed by atoms with Gasteiger partial charge in [0, 0.05) is 34.5 Å². The number of carbonyl (C=O) groups excluding carboxylic acids is 3. The van der Waals surface area contributed by atoms with E-state index in [0.717, 1.165) is 40.4 Å². The number of carbonyl (C=O) groups is 3. The van der Waals surface area contributed by atoms with E-state index in [-0.39, 0.29) is 34.2 Å². The molecule has 11 heteroatoms. The molecule has 9 nitrogen and oxygen atoms in total. The molecule has 0 unspecified atom stereocenters. The van der Waals surface area contributed by atoms with Crippen LogP contribution in [0.25, 0.3) is 11.1 Å². The molecule has 0 aliphatic heterocycles. The molecule has 2 aromatic carbocycles. The monoisotopic (exact) mass is 532 g/mol. The van der Waals surface area contributed by atoms with Gasteiger partial charge in [0.25, 0.3) is 11.6 Å². The van der Waals surface area contributed by atoms with Gasteiger partial charge in [-0.3, -0.25) is 19.7 Å². The standard InChI is InChI=1S/C22H17BrN2O7S/c1-3-31-22(28)19-17(13-4-6-14(23)7-5-13)11-33-21(19)24-20(27)16-10-15(25(29)30)8-9-18(16)32-12(2)26/h4-11H,3H2,1-2H3,(H,24,27). The van der Waals surface area contributed by atoms with Crippen molar-refractivity contribution in [3.05, 3.63) is 73.6 Å². The van der Waals surface area contributed by atoms with Crippen molar-refractivity contribution < 1.29 is 28.8 Å². The Morgan fingerprint density at radius 1 is 1.15 bits per heavy atom. The van der Waals surface area contributed by atoms with E-state index in [1.54, 1.807) is 24.4 Å². The smallest absolute Gasteiger partial charge is 0.341 e. The second kappa shape index (κ2) is 10.4. The Morgan fingerprint density at radius 2 is 1.85 bits per heavy atom. The molecular formula is C22H17BrN2O7S. The molecule has 1 heterocycles. The molecule has 0 atom stereocenters. The molecule has 170 valence electrons. The summed E-state index contributed by atoms with van der Waals surface area (Å²) >= 11 is 4.46. The minimum absolute atomic E-state index is 0.128. The van der Waals surface area contributed by atoms with Crippen molar-refractivity contribution in [1.82, 2.24) is 0 Å². The number of esters is 2. The van der Waals surface area contributed by atoms with Crippen LogP contribution in [-0.4, -0.2) is 29.4 Å². The number of nitro benzene ring substituents is 1. The van der Waals surface area contributed by atoms with E-state index in [1.807, 2.05) is 12.1 Å². The van der Waals surface area contributed by atoms with Crippen LogP contribution in [0, 0.1) is 10.1 Å². The second-order valence-electron chi connectivity index (χ2n) is 6.57. The molecule has 0 saturated carbocycles. The molecule has 3 rings (SSSR count). The molecule has 33 heavy (non-hydrogen) atoms. The number of halogens is 1. The molecule has 0 aliphatic carbocycles. The lowest BCUT2D eigenvalue weighted by Crippen LogP contribution is -2.17. The lowest BCUT2D eigenvalue weighted by molar-refractivity contribution is -0.384. The lowest BCUT2D eigenvalue weighted by atomic mass is 10.0. The second-order valence-corrected chi connectivity index (χ2v) is 8.36. The summed E-state index contributed by atoms with van der Waals surface area (Å²) in [6.07, 6.45) is 0. The molecule has 0 fully saturated rings. The zero-order valence-electron chi connectivity index (χ0n) is 17.4. The highest BCUT2D eigenvalue weighted by Gasteiger charge is 2.25. The molecule has 0 bridgehead atoms. The largest absolute Gasteiger partial charge is 0.462 e. The highest BCUT2D eigenvalue weighted by Crippen LogP contribution is 2.37. The van der Waals surface area contributed by atoms with Crippen molar-refractivity contribution in [3.63, 3.8) is 0 Å². The Kier molecular flexibility index (Phi) is 7.56. The summed E-state index contributed by atoms with van der Waals surface area (Å²) in [7, 11) is 0. The summed E-state index contributed by atoms with van der Waals surface area (Å²) in [5, 5.41) is 15.7. The molecule has 3 aromatic rings. The summed E-state index contributed by atoms with van der Waals surface area (Å²) in [6.45, 7) is 2.94. The van der Waals surface area contributed by atoms with E-state index in [4.69, 9.17) is 9.47 Å². The van der Waals surface area contributed by atoms with Gasteiger partial charge >= 0.3 is 11.9 Å². The molecule has 1 amide bonds. The third kappa shape index (κ3) is 5.62. The molecule has 0 saturated heterocycles. The number of nitro groups is 1. The first kappa shape index (κ1) is 24.1. The number of benzene rings is 2. The third-order valence-electron chi connectivity index (χ3n) is 4.33. The van der Waals surface area contributed by atoms with E-state index in [0.29, 0.717) is 5.56 Å². The number of rotatable bonds is 7. The topological polar surface area (TPSA) is 125 Å². The molecule has 0 radical (unpaired) electrons. The van der Waals surface area contributed by atoms with Crippen LogP contribution < -0.4 is 10.1 Å². The number of non-ortho nitro benzene ring substituents is 1. The van der Waals surface area contributed by atoms with Gasteiger partial charge in [-0.05, 0) is 30.7 Å². The average Bonchev–Trinajstić information content (AvgIpc) is 3.17. The van der Waals surface area contributed by atoms with Crippen molar-refractivity contribution in [3.8, 4) is 16.9 Å². The van der Waals surface area contributed by atoms with Crippen molar-refractivity contribution in [2.45, 2.75) is 13.8 Å². The van der Waals surface area contributed by atoms with Crippen molar-refractivity contribution in [2.24, 2.45) is 0 Å². The van der Waals surface area contributed by atoms with Gasteiger partial charge in [0.1, 0.15) is 16.3 Å². The van der Waals surface area contributed by atoms with Crippen LogP contribution in [0.1, 0.15) is 34.6 Å². The fraction of sp³-hybridized carbons (Fsp3) is 0.136. The van der Waals surface area contributed by atoms with Crippen molar-refractivity contribution in [1.29, 1.82) is 0 Å². The number of nitrogens with one attached hydrogen (secondary N) is 1. The quantitative estimate of drug-likeness (QED) is 0.186. The average molecular weight is 533 g/mol. The Hall–Kier alpha value is -3.57. The molecule has 1 aromatic heterocycles. The highest BCUT2D eigenvalue weighted by molar-refractivity contribution is 9.10. The molecule has 1 N–H and O–H groups in total. The summed E-state index contributed by atoms with van der Waals surface area (Å²) in [6, 6.07) is 10.5. The van der Waals surface area contributed by atoms with E-state index >= 15 is 0 Å². The van der Waals surface area contributed by atoms with Gasteiger partial charge in [0.2, 0.25) is 0 Å². The molecule has 0 spiro atoms. The number of thiophene rings is 1. The van der Waals surface area contributed by atoms with Crippen molar-refractivity contribution in [2.75, 3.05) is 11.9 Å². The van der Waals surface area contributed by atoms with Gasteiger partial charge in [-0.25, -0.2) is 4.79 Å². The predicted octanol–water partition coefficient (Wildman–Crippen LogP) is 5.44. The van der Waals surface area contributed by atoms with E-state index < -0.39 is 22.8 Å². The lowest BCUT2D eigenvalue weighted by Gasteiger charge is -2.11. The Morgan fingerprint density at radius 3 is 2.45 bits per heavy atom. The highest BCUT2D eigenvalue weighted by atomic mass is 79.9. The van der Waals surface area contributed by atoms with Gasteiger partial charge in [0.05, 0.1) is 17.1 Å². The van der Waals surface area contributed by atoms with E-state index in [2.05, 4.69) is 21.2 Å². The number of nitrogens with zero attached hydrogens (tertiary/aromatic N) is 1. The summed E-state index contributed by atoms with van der Waals surface area (Å²) in [5.74, 6) is -2.26. The minimum atomic E-state index is -0.787. The minimum Gasteiger partial charge on any atom is -0.462 e. The van der Waals surface area contributed by atoms with Gasteiger partial charge in [0.15, 0.2) is 0 Å². The van der Waals surface area contributed by atoms with Crippen LogP contribution in [0.4, 0.5) is 10.7 Å². The third-order valence-corrected chi connectivity index (χ3v) is 5.75. The van der Waals surface area contributed by atoms with Crippen LogP contribution in [0.15, 0.2) is 52.3 Å². The number of ether oxygens (including phenoxy) is 2. The van der Waals surface area contributed by atoms with Crippen LogP contribution >= 0.6 is 27.3 Å². The maximum absolute atomic E-state index is 13.0. The summed E-state index contributed by atoms with van der Waals surface area (Å²) in [5.41, 5.74) is 0.850. The summed E-state index contributed by atoms with van der Waals surface area (Å²) < 4.78 is 11.1. The first-order valence-corrected chi connectivity index (χ1v) is 11.2. The maximum atomic E-state index is 13.0. The molecule has 0 aliphatic rings. The zero-order chi connectivity index (χ0) is 24.1. The van der Waals surface area contributed by atoms with Gasteiger partial charge in [-0.2, -0.15) is 0 Å². The van der Waals surface area contributed by atoms with Gasteiger partial charge in [-0.15, -0.1) is 11.3 Å². The SMILES string of the molecule is CCOC(=O)c1c(-c2ccc(Br)cc2)csc1NC(=O)c1cc([N+](=O)[O-])ccc1OC(C)=O. The Balaban J connectivity index is 2.04. The first-order chi connectivity index (χ1) is 15.7. The fourth-order valence-electron chi connectivity index (χ4n) is 2.92. The van der Waals surface area contributed by atoms with E-state index in [1.165, 1.54) is 6.07 Å². The fourth-order valence-corrected chi connectivity index (χ4v) is 4.14. The number of anilines is 1. The van der Waals surface area contributed by atoms with E-state index in [9.17, 15) is 24.5 Å². The van der Waals surface area contributed by atoms with Crippen molar-refractivity contribution >= 4 is 55.8 Å². The summed E-state index contributed by atoms with van der Waals surface area (Å²) in [4.78, 5) is 47.7. The Labute approximate surface area is 200 Å². The zero-order valence-corrected chi connectivity index (χ0v) is 19.8. The van der Waals surface area contributed by atoms with Crippen LogP contribution in [0.5, 0.6) is 5.75 Å². The normalized spacial score (nSPS) is 10.4. The number of hydrogen-bond acceptors (Lipinski definition) is 8. The Bertz CT molecular complexity index is 1240. The number of hydrogen-bond donors (Lipinski definition) is 1. The molecular weight excluding hydrogens is 516 g/mol. The number of amides is 1. The van der Waals surface area contributed by atoms with Gasteiger partial charge < -0.3 is 14.8 Å². The van der Waals surface area contributed by atoms with Gasteiger partial charge in [-0.1, -0.05) is 28.1 Å². The maximum Gasteiger partial charge on any atom is 0.341 e. The predicted molar refractivity (Wildman–Crippen MR) is 126 cm³/mol. The van der Waals surface area contributed by atoms with Crippen LogP contribution in [-0.2, 0) is 9.53 Å². The van der Waals surface area contributed by atoms with Crippen LogP contribution in [0.2, 0.25) is 0 Å². The van der Waals surface area contributed by atoms with Crippen LogP contribution in [0.3, 0.4) is 0 Å².